The molecule has 0 unspecified atom stereocenters. The molecular weight excluding hydrogens is 516 g/mol. The van der Waals surface area contributed by atoms with Gasteiger partial charge in [-0.25, -0.2) is 0 Å². The lowest BCUT2D eigenvalue weighted by molar-refractivity contribution is 0.208. The van der Waals surface area contributed by atoms with Gasteiger partial charge in [0.2, 0.25) is 0 Å². The van der Waals surface area contributed by atoms with Crippen LogP contribution in [0, 0.1) is 6.92 Å². The standard InChI is InChI=1S/C35H44O6/c1-4-20-36-22-6-24-38-32-12-8-30(9-13-32)18-26-40-34-16-17-35(29(3)28-34)41-27-19-31-10-14-33(15-11-31)39-25-7-23-37-21-5-2/h4-5,8-17,20-21,28H,6-7,18-19,22-27H2,1-3H3. The molecule has 0 atom stereocenters. The van der Waals surface area contributed by atoms with E-state index in [2.05, 4.69) is 24.3 Å². The molecule has 0 aliphatic carbocycles. The number of hydrogen-bond acceptors (Lipinski definition) is 6. The van der Waals surface area contributed by atoms with Gasteiger partial charge in [0, 0.05) is 25.7 Å². The molecule has 0 amide bonds. The number of allylic oxidation sites excluding steroid dienone is 2. The van der Waals surface area contributed by atoms with E-state index in [1.807, 2.05) is 75.4 Å². The van der Waals surface area contributed by atoms with Crippen molar-refractivity contribution in [3.8, 4) is 23.0 Å². The summed E-state index contributed by atoms with van der Waals surface area (Å²) in [6.45, 7) is 9.71. The zero-order valence-electron chi connectivity index (χ0n) is 24.7. The minimum atomic E-state index is 0.603. The van der Waals surface area contributed by atoms with Crippen LogP contribution in [0.3, 0.4) is 0 Å². The van der Waals surface area contributed by atoms with Crippen molar-refractivity contribution in [2.24, 2.45) is 0 Å². The fraction of sp³-hybridized carbons (Fsp3) is 0.371. The SMILES string of the molecule is CC=COCCCOc1ccc(CCOc2ccc(OCCc3ccc(OCCCOC=CC)cc3)c(C)c2)cc1. The molecule has 6 heteroatoms. The maximum absolute atomic E-state index is 6.05. The fourth-order valence-corrected chi connectivity index (χ4v) is 3.94. The number of rotatable bonds is 20. The summed E-state index contributed by atoms with van der Waals surface area (Å²) in [4.78, 5) is 0. The molecule has 0 aliphatic heterocycles. The van der Waals surface area contributed by atoms with Crippen LogP contribution >= 0.6 is 0 Å². The minimum absolute atomic E-state index is 0.603. The van der Waals surface area contributed by atoms with Crippen LogP contribution in [0.2, 0.25) is 0 Å². The molecule has 0 spiro atoms. The van der Waals surface area contributed by atoms with Crippen LogP contribution < -0.4 is 18.9 Å². The van der Waals surface area contributed by atoms with Gasteiger partial charge < -0.3 is 28.4 Å². The van der Waals surface area contributed by atoms with Crippen LogP contribution in [0.25, 0.3) is 0 Å². The molecule has 0 saturated carbocycles. The van der Waals surface area contributed by atoms with Gasteiger partial charge in [0.15, 0.2) is 0 Å². The van der Waals surface area contributed by atoms with E-state index in [1.165, 1.54) is 11.1 Å². The highest BCUT2D eigenvalue weighted by atomic mass is 16.5. The third-order valence-corrected chi connectivity index (χ3v) is 6.12. The second-order valence-electron chi connectivity index (χ2n) is 9.50. The molecule has 6 nitrogen and oxygen atoms in total. The average molecular weight is 561 g/mol. The van der Waals surface area contributed by atoms with Crippen LogP contribution in [0.4, 0.5) is 0 Å². The second-order valence-corrected chi connectivity index (χ2v) is 9.50. The van der Waals surface area contributed by atoms with E-state index in [4.69, 9.17) is 28.4 Å². The van der Waals surface area contributed by atoms with E-state index >= 15 is 0 Å². The Morgan fingerprint density at radius 3 is 1.46 bits per heavy atom. The van der Waals surface area contributed by atoms with Crippen LogP contribution in [-0.2, 0) is 22.3 Å². The molecule has 0 N–H and O–H groups in total. The van der Waals surface area contributed by atoms with Crippen LogP contribution in [0.15, 0.2) is 91.4 Å². The van der Waals surface area contributed by atoms with Crippen molar-refractivity contribution in [1.82, 2.24) is 0 Å². The zero-order valence-corrected chi connectivity index (χ0v) is 24.7. The molecular formula is C35H44O6. The Bertz CT molecular complexity index is 1170. The first kappa shape index (κ1) is 31.5. The highest BCUT2D eigenvalue weighted by Crippen LogP contribution is 2.24. The third kappa shape index (κ3) is 12.8. The van der Waals surface area contributed by atoms with Crippen molar-refractivity contribution < 1.29 is 28.4 Å². The Balaban J connectivity index is 1.31. The predicted octanol–water partition coefficient (Wildman–Crippen LogP) is 7.88. The van der Waals surface area contributed by atoms with E-state index in [-0.39, 0.29) is 0 Å². The topological polar surface area (TPSA) is 55.4 Å². The monoisotopic (exact) mass is 560 g/mol. The van der Waals surface area contributed by atoms with E-state index in [1.54, 1.807) is 12.5 Å². The van der Waals surface area contributed by atoms with Gasteiger partial charge in [0.1, 0.15) is 23.0 Å². The van der Waals surface area contributed by atoms with Crippen molar-refractivity contribution in [2.75, 3.05) is 39.6 Å². The van der Waals surface area contributed by atoms with Gasteiger partial charge in [-0.2, -0.15) is 0 Å². The Morgan fingerprint density at radius 1 is 0.512 bits per heavy atom. The Labute approximate surface area is 245 Å². The number of aryl methyl sites for hydroxylation is 1. The van der Waals surface area contributed by atoms with Crippen LogP contribution in [-0.4, -0.2) is 39.6 Å². The van der Waals surface area contributed by atoms with Gasteiger partial charge in [0.05, 0.1) is 52.2 Å². The van der Waals surface area contributed by atoms with Gasteiger partial charge >= 0.3 is 0 Å². The maximum Gasteiger partial charge on any atom is 0.122 e. The smallest absolute Gasteiger partial charge is 0.122 e. The predicted molar refractivity (Wildman–Crippen MR) is 164 cm³/mol. The van der Waals surface area contributed by atoms with Crippen molar-refractivity contribution in [3.05, 3.63) is 108 Å². The van der Waals surface area contributed by atoms with E-state index < -0.39 is 0 Å². The molecule has 3 aromatic rings. The second kappa shape index (κ2) is 19.1. The molecule has 41 heavy (non-hydrogen) atoms. The van der Waals surface area contributed by atoms with E-state index in [0.717, 1.165) is 54.2 Å². The molecule has 3 rings (SSSR count). The first-order valence-electron chi connectivity index (χ1n) is 14.4. The summed E-state index contributed by atoms with van der Waals surface area (Å²) in [5.41, 5.74) is 3.47. The molecule has 0 saturated heterocycles. The zero-order chi connectivity index (χ0) is 29.0. The molecule has 0 heterocycles. The summed E-state index contributed by atoms with van der Waals surface area (Å²) in [7, 11) is 0. The number of ether oxygens (including phenoxy) is 6. The highest BCUT2D eigenvalue weighted by molar-refractivity contribution is 5.39. The first-order chi connectivity index (χ1) is 20.2. The van der Waals surface area contributed by atoms with Crippen molar-refractivity contribution in [2.45, 2.75) is 46.5 Å². The normalized spacial score (nSPS) is 11.1. The third-order valence-electron chi connectivity index (χ3n) is 6.12. The van der Waals surface area contributed by atoms with Gasteiger partial charge in [-0.3, -0.25) is 0 Å². The summed E-state index contributed by atoms with van der Waals surface area (Å²) < 4.78 is 34.2. The lowest BCUT2D eigenvalue weighted by Gasteiger charge is -2.12. The Hall–Kier alpha value is -4.06. The van der Waals surface area contributed by atoms with E-state index in [9.17, 15) is 0 Å². The molecule has 220 valence electrons. The lowest BCUT2D eigenvalue weighted by atomic mass is 10.1. The van der Waals surface area contributed by atoms with Gasteiger partial charge in [-0.15, -0.1) is 0 Å². The van der Waals surface area contributed by atoms with Crippen molar-refractivity contribution in [1.29, 1.82) is 0 Å². The minimum Gasteiger partial charge on any atom is -0.501 e. The molecule has 0 aliphatic rings. The lowest BCUT2D eigenvalue weighted by Crippen LogP contribution is -2.04. The summed E-state index contributed by atoms with van der Waals surface area (Å²) in [5, 5.41) is 0. The number of hydrogen-bond donors (Lipinski definition) is 0. The molecule has 0 fully saturated rings. The van der Waals surface area contributed by atoms with Crippen molar-refractivity contribution in [3.63, 3.8) is 0 Å². The first-order valence-corrected chi connectivity index (χ1v) is 14.4. The maximum atomic E-state index is 6.05. The summed E-state index contributed by atoms with van der Waals surface area (Å²) >= 11 is 0. The molecule has 3 aromatic carbocycles. The van der Waals surface area contributed by atoms with Gasteiger partial charge in [-0.1, -0.05) is 36.4 Å². The Morgan fingerprint density at radius 2 is 0.976 bits per heavy atom. The molecule has 0 radical (unpaired) electrons. The molecule has 0 aromatic heterocycles. The summed E-state index contributed by atoms with van der Waals surface area (Å²) in [5.74, 6) is 3.46. The highest BCUT2D eigenvalue weighted by Gasteiger charge is 2.04. The average Bonchev–Trinajstić information content (AvgIpc) is 2.99. The summed E-state index contributed by atoms with van der Waals surface area (Å²) in [6.07, 6.45) is 10.5. The summed E-state index contributed by atoms with van der Waals surface area (Å²) in [6, 6.07) is 22.3. The quantitative estimate of drug-likeness (QED) is 0.104. The van der Waals surface area contributed by atoms with Crippen LogP contribution in [0.1, 0.15) is 43.4 Å². The van der Waals surface area contributed by atoms with Gasteiger partial charge in [0.25, 0.3) is 0 Å². The van der Waals surface area contributed by atoms with Gasteiger partial charge in [-0.05, 0) is 79.9 Å². The Kier molecular flexibility index (Phi) is 14.7. The van der Waals surface area contributed by atoms with Crippen LogP contribution in [0.5, 0.6) is 23.0 Å². The van der Waals surface area contributed by atoms with Crippen molar-refractivity contribution >= 4 is 0 Å². The van der Waals surface area contributed by atoms with E-state index in [0.29, 0.717) is 39.6 Å². The number of benzene rings is 3. The fourth-order valence-electron chi connectivity index (χ4n) is 3.94. The molecule has 0 bridgehead atoms. The largest absolute Gasteiger partial charge is 0.501 e.